The molecule has 0 fully saturated rings. The monoisotopic (exact) mass is 258 g/mol. The molecule has 1 aromatic rings. The minimum absolute atomic E-state index is 0. The standard InChI is InChI=1S/C6H6BrO3P.Mg/c7-5-1-3-6(4-2-5)11(8,9)10;/h1-4H,(H2,8,9,10);/q;+2/p-2. The molecule has 12 heavy (non-hydrogen) atoms. The third-order valence-electron chi connectivity index (χ3n) is 1.14. The van der Waals surface area contributed by atoms with E-state index in [2.05, 4.69) is 15.9 Å². The molecule has 0 saturated carbocycles. The van der Waals surface area contributed by atoms with E-state index < -0.39 is 7.94 Å². The van der Waals surface area contributed by atoms with E-state index in [4.69, 9.17) is 0 Å². The minimum Gasteiger partial charge on any atom is -0.684 e. The van der Waals surface area contributed by atoms with Crippen LogP contribution in [0.25, 0.3) is 0 Å². The third kappa shape index (κ3) is 3.66. The molecule has 60 valence electrons. The normalized spacial score (nSPS) is 10.7. The zero-order valence-corrected chi connectivity index (χ0v) is 9.96. The fourth-order valence-electron chi connectivity index (χ4n) is 0.624. The average molecular weight is 259 g/mol. The molecule has 0 aliphatic heterocycles. The Labute approximate surface area is 95.3 Å². The molecular weight excluding hydrogens is 255 g/mol. The summed E-state index contributed by atoms with van der Waals surface area (Å²) >= 11 is 3.12. The number of hydrogen-bond donors (Lipinski definition) is 0. The van der Waals surface area contributed by atoms with Gasteiger partial charge in [-0.1, -0.05) is 15.9 Å². The van der Waals surface area contributed by atoms with Gasteiger partial charge in [0, 0.05) is 4.47 Å². The van der Waals surface area contributed by atoms with Crippen molar-refractivity contribution in [3.05, 3.63) is 28.7 Å². The van der Waals surface area contributed by atoms with Gasteiger partial charge in [0.15, 0.2) is 0 Å². The smallest absolute Gasteiger partial charge is 0.684 e. The van der Waals surface area contributed by atoms with Crippen LogP contribution in [0.15, 0.2) is 28.7 Å². The first kappa shape index (κ1) is 12.8. The van der Waals surface area contributed by atoms with Crippen molar-refractivity contribution >= 4 is 52.2 Å². The van der Waals surface area contributed by atoms with Crippen molar-refractivity contribution in [2.75, 3.05) is 0 Å². The topological polar surface area (TPSA) is 69.2 Å². The molecule has 1 rings (SSSR count). The Balaban J connectivity index is 0.00000121. The first-order valence-electron chi connectivity index (χ1n) is 2.78. The Kier molecular flexibility index (Phi) is 5.17. The van der Waals surface area contributed by atoms with Crippen molar-refractivity contribution in [2.45, 2.75) is 0 Å². The van der Waals surface area contributed by atoms with Crippen LogP contribution in [0.4, 0.5) is 0 Å². The van der Waals surface area contributed by atoms with E-state index in [1.165, 1.54) is 24.3 Å². The van der Waals surface area contributed by atoms with Crippen LogP contribution in [0, 0.1) is 0 Å². The van der Waals surface area contributed by atoms with Gasteiger partial charge in [-0.3, -0.25) is 0 Å². The fraction of sp³-hybridized carbons (Fsp3) is 0. The SMILES string of the molecule is [Mg+2].[O-][P+]([O-])([O-])c1ccc(Br)cc1. The third-order valence-corrected chi connectivity index (χ3v) is 2.60. The predicted molar refractivity (Wildman–Crippen MR) is 46.5 cm³/mol. The molecule has 3 nitrogen and oxygen atoms in total. The van der Waals surface area contributed by atoms with Crippen LogP contribution < -0.4 is 20.0 Å². The molecule has 0 aromatic heterocycles. The maximum Gasteiger partial charge on any atom is 2.00 e. The van der Waals surface area contributed by atoms with E-state index in [0.717, 1.165) is 4.47 Å². The van der Waals surface area contributed by atoms with Gasteiger partial charge in [-0.15, -0.1) is 7.94 Å². The van der Waals surface area contributed by atoms with Gasteiger partial charge in [0.25, 0.3) is 0 Å². The van der Waals surface area contributed by atoms with Gasteiger partial charge < -0.3 is 14.7 Å². The van der Waals surface area contributed by atoms with Crippen molar-refractivity contribution in [3.63, 3.8) is 0 Å². The molecule has 0 spiro atoms. The molecule has 0 heterocycles. The fourth-order valence-corrected chi connectivity index (χ4v) is 1.40. The maximum absolute atomic E-state index is 10.4. The summed E-state index contributed by atoms with van der Waals surface area (Å²) in [6, 6.07) is 5.56. The molecule has 0 aliphatic rings. The molecule has 0 unspecified atom stereocenters. The molecule has 1 aromatic carbocycles. The van der Waals surface area contributed by atoms with Crippen molar-refractivity contribution in [1.82, 2.24) is 0 Å². The van der Waals surface area contributed by atoms with Crippen LogP contribution in [-0.2, 0) is 0 Å². The van der Waals surface area contributed by atoms with E-state index in [0.29, 0.717) is 0 Å². The molecule has 0 amide bonds. The van der Waals surface area contributed by atoms with Gasteiger partial charge in [-0.05, 0) is 24.3 Å². The Bertz CT molecular complexity index is 246. The molecule has 0 aliphatic carbocycles. The van der Waals surface area contributed by atoms with Crippen molar-refractivity contribution in [1.29, 1.82) is 0 Å². The molecule has 0 radical (unpaired) electrons. The van der Waals surface area contributed by atoms with Gasteiger partial charge in [0.1, 0.15) is 0 Å². The number of hydrogen-bond acceptors (Lipinski definition) is 3. The average Bonchev–Trinajstić information content (AvgIpc) is 1.86. The summed E-state index contributed by atoms with van der Waals surface area (Å²) < 4.78 is 0.745. The molecule has 0 atom stereocenters. The van der Waals surface area contributed by atoms with E-state index in [1.807, 2.05) is 0 Å². The maximum atomic E-state index is 10.4. The van der Waals surface area contributed by atoms with Gasteiger partial charge in [-0.25, -0.2) is 0 Å². The summed E-state index contributed by atoms with van der Waals surface area (Å²) in [5.74, 6) is 0. The summed E-state index contributed by atoms with van der Waals surface area (Å²) in [6.07, 6.45) is 0. The van der Waals surface area contributed by atoms with E-state index in [-0.39, 0.29) is 28.4 Å². The Morgan fingerprint density at radius 3 is 1.75 bits per heavy atom. The summed E-state index contributed by atoms with van der Waals surface area (Å²) in [6.45, 7) is 0. The van der Waals surface area contributed by atoms with Gasteiger partial charge >= 0.3 is 23.1 Å². The van der Waals surface area contributed by atoms with E-state index >= 15 is 0 Å². The van der Waals surface area contributed by atoms with Crippen molar-refractivity contribution in [2.24, 2.45) is 0 Å². The Hall–Kier alpha value is 0.776. The van der Waals surface area contributed by atoms with Crippen LogP contribution >= 0.6 is 23.9 Å². The first-order chi connectivity index (χ1) is 5.00. The molecule has 0 N–H and O–H groups in total. The predicted octanol–water partition coefficient (Wildman–Crippen LogP) is -1.46. The molecule has 6 heteroatoms. The van der Waals surface area contributed by atoms with Crippen LogP contribution in [0.3, 0.4) is 0 Å². The summed E-state index contributed by atoms with van der Waals surface area (Å²) in [7, 11) is -4.56. The minimum atomic E-state index is -4.56. The molecular formula is C6H4BrMgO3P. The van der Waals surface area contributed by atoms with E-state index in [1.54, 1.807) is 0 Å². The zero-order valence-electron chi connectivity index (χ0n) is 6.07. The second kappa shape index (κ2) is 4.86. The first-order valence-corrected chi connectivity index (χ1v) is 5.12. The Morgan fingerprint density at radius 2 is 1.42 bits per heavy atom. The zero-order chi connectivity index (χ0) is 8.48. The Morgan fingerprint density at radius 1 is 1.00 bits per heavy atom. The van der Waals surface area contributed by atoms with Crippen molar-refractivity contribution < 1.29 is 14.7 Å². The van der Waals surface area contributed by atoms with Crippen LogP contribution in [0.2, 0.25) is 0 Å². The van der Waals surface area contributed by atoms with Crippen LogP contribution in [0.5, 0.6) is 0 Å². The second-order valence-electron chi connectivity index (χ2n) is 1.97. The second-order valence-corrected chi connectivity index (χ2v) is 4.40. The molecule has 0 bridgehead atoms. The van der Waals surface area contributed by atoms with Crippen molar-refractivity contribution in [3.8, 4) is 0 Å². The summed E-state index contributed by atoms with van der Waals surface area (Å²) in [4.78, 5) is 31.2. The summed E-state index contributed by atoms with van der Waals surface area (Å²) in [5.41, 5.74) is 0. The summed E-state index contributed by atoms with van der Waals surface area (Å²) in [5, 5.41) is -0.180. The quantitative estimate of drug-likeness (QED) is 0.457. The van der Waals surface area contributed by atoms with Gasteiger partial charge in [0.05, 0.1) is 5.30 Å². The largest absolute Gasteiger partial charge is 2.00 e. The number of benzene rings is 1. The van der Waals surface area contributed by atoms with Crippen LogP contribution in [-0.4, -0.2) is 23.1 Å². The van der Waals surface area contributed by atoms with Gasteiger partial charge in [0.2, 0.25) is 0 Å². The van der Waals surface area contributed by atoms with Crippen LogP contribution in [0.1, 0.15) is 0 Å². The van der Waals surface area contributed by atoms with E-state index in [9.17, 15) is 14.7 Å². The number of halogens is 1. The molecule has 0 saturated heterocycles. The number of rotatable bonds is 1. The van der Waals surface area contributed by atoms with Gasteiger partial charge in [-0.2, -0.15) is 0 Å².